The van der Waals surface area contributed by atoms with Crippen LogP contribution in [-0.2, 0) is 13.6 Å². The first-order chi connectivity index (χ1) is 8.97. The highest BCUT2D eigenvalue weighted by Gasteiger charge is 2.16. The fraction of sp³-hybridized carbons (Fsp3) is 0.583. The van der Waals surface area contributed by atoms with E-state index in [9.17, 15) is 0 Å². The van der Waals surface area contributed by atoms with Crippen LogP contribution in [0.4, 0.5) is 0 Å². The molecular weight excluding hydrogens is 260 g/mol. The molecule has 104 valence electrons. The van der Waals surface area contributed by atoms with E-state index in [4.69, 9.17) is 0 Å². The predicted octanol–water partition coefficient (Wildman–Crippen LogP) is 1.80. The Labute approximate surface area is 117 Å². The molecule has 2 aromatic heterocycles. The lowest BCUT2D eigenvalue weighted by Crippen LogP contribution is -2.22. The predicted molar refractivity (Wildman–Crippen MR) is 75.2 cm³/mol. The third-order valence-corrected chi connectivity index (χ3v) is 3.81. The molecule has 0 aliphatic carbocycles. The van der Waals surface area contributed by atoms with E-state index in [2.05, 4.69) is 39.4 Å². The summed E-state index contributed by atoms with van der Waals surface area (Å²) in [6.45, 7) is 9.01. The Morgan fingerprint density at radius 1 is 1.37 bits per heavy atom. The maximum atomic E-state index is 4.48. The number of hydrogen-bond donors (Lipinski definition) is 2. The van der Waals surface area contributed by atoms with Crippen LogP contribution < -0.4 is 5.32 Å². The van der Waals surface area contributed by atoms with Crippen molar-refractivity contribution in [2.24, 2.45) is 7.05 Å². The summed E-state index contributed by atoms with van der Waals surface area (Å²) in [5, 5.41) is 16.8. The van der Waals surface area contributed by atoms with Gasteiger partial charge in [0, 0.05) is 25.2 Å². The number of H-pyrrole nitrogens is 1. The summed E-state index contributed by atoms with van der Waals surface area (Å²) in [6.07, 6.45) is 0. The first-order valence-electron chi connectivity index (χ1n) is 6.30. The van der Waals surface area contributed by atoms with Gasteiger partial charge in [-0.15, -0.1) is 5.10 Å². The third-order valence-electron chi connectivity index (χ3n) is 2.74. The van der Waals surface area contributed by atoms with Gasteiger partial charge in [-0.05, 0) is 25.6 Å². The molecule has 0 aliphatic heterocycles. The van der Waals surface area contributed by atoms with Crippen molar-refractivity contribution in [2.75, 3.05) is 0 Å². The number of nitrogens with zero attached hydrogens (tertiary/aromatic N) is 4. The minimum Gasteiger partial charge on any atom is -0.310 e. The van der Waals surface area contributed by atoms with Crippen molar-refractivity contribution in [3.63, 3.8) is 0 Å². The summed E-state index contributed by atoms with van der Waals surface area (Å²) in [4.78, 5) is 4.33. The zero-order valence-electron chi connectivity index (χ0n) is 12.0. The molecule has 7 heteroatoms. The average molecular weight is 280 g/mol. The first-order valence-corrected chi connectivity index (χ1v) is 7.11. The molecule has 2 N–H and O–H groups in total. The van der Waals surface area contributed by atoms with Crippen LogP contribution in [-0.4, -0.2) is 31.0 Å². The van der Waals surface area contributed by atoms with Gasteiger partial charge < -0.3 is 5.32 Å². The Hall–Kier alpha value is -1.34. The second-order valence-corrected chi connectivity index (χ2v) is 5.79. The average Bonchev–Trinajstić information content (AvgIpc) is 2.83. The van der Waals surface area contributed by atoms with Gasteiger partial charge in [0.05, 0.1) is 5.69 Å². The van der Waals surface area contributed by atoms with Crippen molar-refractivity contribution in [1.82, 2.24) is 30.3 Å². The van der Waals surface area contributed by atoms with Crippen molar-refractivity contribution in [3.8, 4) is 0 Å². The molecule has 2 rings (SSSR count). The number of aromatic amines is 1. The van der Waals surface area contributed by atoms with E-state index in [1.54, 1.807) is 11.8 Å². The van der Waals surface area contributed by atoms with E-state index < -0.39 is 0 Å². The minimum atomic E-state index is 0.447. The molecule has 0 unspecified atom stereocenters. The lowest BCUT2D eigenvalue weighted by atomic mass is 10.2. The summed E-state index contributed by atoms with van der Waals surface area (Å²) in [6, 6.07) is 0.447. The summed E-state index contributed by atoms with van der Waals surface area (Å²) in [5.74, 6) is 0.822. The van der Waals surface area contributed by atoms with E-state index >= 15 is 0 Å². The molecule has 2 aromatic rings. The van der Waals surface area contributed by atoms with Crippen LogP contribution in [0.2, 0.25) is 0 Å². The van der Waals surface area contributed by atoms with Crippen molar-refractivity contribution < 1.29 is 0 Å². The van der Waals surface area contributed by atoms with Gasteiger partial charge in [-0.3, -0.25) is 9.78 Å². The van der Waals surface area contributed by atoms with Crippen LogP contribution in [0.25, 0.3) is 0 Å². The standard InChI is InChI=1S/C12H20N6S/c1-7(2)13-6-10-8(3)17-18(5)11(10)19-12-14-9(4)15-16-12/h7,13H,6H2,1-5H3,(H,14,15,16). The smallest absolute Gasteiger partial charge is 0.214 e. The molecule has 6 nitrogen and oxygen atoms in total. The lowest BCUT2D eigenvalue weighted by molar-refractivity contribution is 0.580. The van der Waals surface area contributed by atoms with Crippen LogP contribution in [0, 0.1) is 13.8 Å². The van der Waals surface area contributed by atoms with Crippen molar-refractivity contribution >= 4 is 11.8 Å². The first kappa shape index (κ1) is 14.1. The number of nitrogens with one attached hydrogen (secondary N) is 2. The minimum absolute atomic E-state index is 0.447. The normalized spacial score (nSPS) is 11.5. The highest BCUT2D eigenvalue weighted by Crippen LogP contribution is 2.29. The molecule has 0 radical (unpaired) electrons. The van der Waals surface area contributed by atoms with Crippen molar-refractivity contribution in [2.45, 2.75) is 50.5 Å². The Morgan fingerprint density at radius 2 is 2.11 bits per heavy atom. The second kappa shape index (κ2) is 5.75. The quantitative estimate of drug-likeness (QED) is 0.874. The molecule has 0 fully saturated rings. The Morgan fingerprint density at radius 3 is 2.68 bits per heavy atom. The van der Waals surface area contributed by atoms with Gasteiger partial charge in [0.15, 0.2) is 0 Å². The number of aryl methyl sites for hydroxylation is 3. The van der Waals surface area contributed by atoms with Gasteiger partial charge in [0.25, 0.3) is 0 Å². The van der Waals surface area contributed by atoms with Crippen LogP contribution in [0.5, 0.6) is 0 Å². The third kappa shape index (κ3) is 3.36. The highest BCUT2D eigenvalue weighted by atomic mass is 32.2. The number of rotatable bonds is 5. The summed E-state index contributed by atoms with van der Waals surface area (Å²) in [5.41, 5.74) is 2.26. The molecule has 0 atom stereocenters. The zero-order chi connectivity index (χ0) is 14.0. The van der Waals surface area contributed by atoms with E-state index in [0.717, 1.165) is 28.2 Å². The molecule has 0 bridgehead atoms. The lowest BCUT2D eigenvalue weighted by Gasteiger charge is -2.09. The molecule has 0 saturated carbocycles. The SMILES string of the molecule is Cc1nc(Sc2c(CNC(C)C)c(C)nn2C)n[nH]1. The van der Waals surface area contributed by atoms with Crippen LogP contribution in [0.15, 0.2) is 10.2 Å². The second-order valence-electron chi connectivity index (χ2n) is 4.83. The van der Waals surface area contributed by atoms with E-state index in [1.807, 2.05) is 25.6 Å². The number of hydrogen-bond acceptors (Lipinski definition) is 5. The Kier molecular flexibility index (Phi) is 4.26. The molecule has 19 heavy (non-hydrogen) atoms. The van der Waals surface area contributed by atoms with Gasteiger partial charge in [0.1, 0.15) is 10.9 Å². The van der Waals surface area contributed by atoms with E-state index in [-0.39, 0.29) is 0 Å². The van der Waals surface area contributed by atoms with Crippen molar-refractivity contribution in [3.05, 3.63) is 17.1 Å². The van der Waals surface area contributed by atoms with E-state index in [0.29, 0.717) is 6.04 Å². The summed E-state index contributed by atoms with van der Waals surface area (Å²) in [7, 11) is 1.95. The summed E-state index contributed by atoms with van der Waals surface area (Å²) < 4.78 is 1.89. The van der Waals surface area contributed by atoms with Gasteiger partial charge in [0.2, 0.25) is 5.16 Å². The molecular formula is C12H20N6S. The largest absolute Gasteiger partial charge is 0.310 e. The fourth-order valence-electron chi connectivity index (χ4n) is 1.77. The molecule has 0 spiro atoms. The Bertz CT molecular complexity index is 557. The highest BCUT2D eigenvalue weighted by molar-refractivity contribution is 7.99. The van der Waals surface area contributed by atoms with Gasteiger partial charge >= 0.3 is 0 Å². The Balaban J connectivity index is 2.23. The van der Waals surface area contributed by atoms with Crippen LogP contribution in [0.1, 0.15) is 30.9 Å². The van der Waals surface area contributed by atoms with Gasteiger partial charge in [-0.25, -0.2) is 4.98 Å². The molecule has 0 aliphatic rings. The van der Waals surface area contributed by atoms with Crippen LogP contribution in [0.3, 0.4) is 0 Å². The van der Waals surface area contributed by atoms with Gasteiger partial charge in [-0.2, -0.15) is 5.10 Å². The van der Waals surface area contributed by atoms with Gasteiger partial charge in [-0.1, -0.05) is 13.8 Å². The molecule has 0 saturated heterocycles. The molecule has 0 amide bonds. The fourth-order valence-corrected chi connectivity index (χ4v) is 2.74. The maximum Gasteiger partial charge on any atom is 0.214 e. The topological polar surface area (TPSA) is 71.4 Å². The zero-order valence-corrected chi connectivity index (χ0v) is 12.8. The molecule has 0 aromatic carbocycles. The summed E-state index contributed by atoms with van der Waals surface area (Å²) >= 11 is 1.54. The van der Waals surface area contributed by atoms with Crippen LogP contribution >= 0.6 is 11.8 Å². The maximum absolute atomic E-state index is 4.48. The van der Waals surface area contributed by atoms with Crippen molar-refractivity contribution in [1.29, 1.82) is 0 Å². The number of aromatic nitrogens is 5. The van der Waals surface area contributed by atoms with E-state index in [1.165, 1.54) is 5.56 Å². The monoisotopic (exact) mass is 280 g/mol. The molecule has 2 heterocycles.